The average Bonchev–Trinajstić information content (AvgIpc) is 2.25. The van der Waals surface area contributed by atoms with Crippen molar-refractivity contribution in [2.75, 3.05) is 6.61 Å². The molecule has 0 spiro atoms. The van der Waals surface area contributed by atoms with Gasteiger partial charge in [0.25, 0.3) is 0 Å². The van der Waals surface area contributed by atoms with Gasteiger partial charge in [-0.3, -0.25) is 0 Å². The van der Waals surface area contributed by atoms with E-state index in [1.807, 2.05) is 12.1 Å². The Morgan fingerprint density at radius 1 is 0.769 bits per heavy atom. The number of hydrogen-bond acceptors (Lipinski definition) is 9. The molecule has 1 heterocycles. The minimum Gasteiger partial charge on any atom is -0.822 e. The fourth-order valence-electron chi connectivity index (χ4n) is 1.30. The summed E-state index contributed by atoms with van der Waals surface area (Å²) in [5, 5.41) is 0. The minimum absolute atomic E-state index is 0. The molecule has 0 saturated heterocycles. The van der Waals surface area contributed by atoms with E-state index in [2.05, 4.69) is 12.1 Å². The summed E-state index contributed by atoms with van der Waals surface area (Å²) in [6, 6.07) is 8.25. The van der Waals surface area contributed by atoms with E-state index in [1.54, 1.807) is 0 Å². The molecule has 0 bridgehead atoms. The molecular weight excluding hydrogens is 984 g/mol. The molecule has 6 N–H and O–H groups in total. The van der Waals surface area contributed by atoms with Crippen molar-refractivity contribution in [2.45, 2.75) is 12.8 Å². The molecule has 12 nitrogen and oxygen atoms in total. The van der Waals surface area contributed by atoms with Crippen molar-refractivity contribution < 1.29 is 59.7 Å². The zero-order valence-corrected chi connectivity index (χ0v) is 26.5. The topological polar surface area (TPSA) is 276 Å². The summed E-state index contributed by atoms with van der Waals surface area (Å²) in [5.74, 6) is 1.08. The predicted molar refractivity (Wildman–Crippen MR) is 83.6 cm³/mol. The van der Waals surface area contributed by atoms with Crippen molar-refractivity contribution in [3.8, 4) is 5.75 Å². The van der Waals surface area contributed by atoms with E-state index >= 15 is 0 Å². The summed E-state index contributed by atoms with van der Waals surface area (Å²) in [4.78, 5) is 51.3. The van der Waals surface area contributed by atoms with Crippen LogP contribution in [0, 0.1) is 0 Å². The number of para-hydroxylation sites is 1. The van der Waals surface area contributed by atoms with E-state index < -0.39 is 15.6 Å². The van der Waals surface area contributed by atoms with Crippen molar-refractivity contribution in [3.63, 3.8) is 0 Å². The second-order valence-electron chi connectivity index (χ2n) is 3.45. The van der Waals surface area contributed by atoms with Gasteiger partial charge < -0.3 is 59.7 Å². The Kier molecular flexibility index (Phi) is 41.2. The largest absolute Gasteiger partial charge is 2.00 e. The Labute approximate surface area is 210 Å². The van der Waals surface area contributed by atoms with Crippen molar-refractivity contribution in [3.05, 3.63) is 29.8 Å². The van der Waals surface area contributed by atoms with E-state index in [0.29, 0.717) is 0 Å². The van der Waals surface area contributed by atoms with Crippen LogP contribution in [-0.4, -0.2) is 105 Å². The Morgan fingerprint density at radius 2 is 1.12 bits per heavy atom. The summed E-state index contributed by atoms with van der Waals surface area (Å²) in [6.07, 6.45) is 2.34. The fraction of sp³-hybridized carbons (Fsp3) is 0.333. The molecule has 0 fully saturated rings. The molecule has 0 saturated carbocycles. The first-order valence-electron chi connectivity index (χ1n) is 5.13. The van der Waals surface area contributed by atoms with Gasteiger partial charge in [-0.2, -0.15) is 15.6 Å². The molecule has 2 rings (SSSR count). The molecule has 0 aliphatic carbocycles. The smallest absolute Gasteiger partial charge is 0.822 e. The van der Waals surface area contributed by atoms with Gasteiger partial charge in [0.05, 0.1) is 6.61 Å². The number of hydrogen-bond donors (Lipinski definition) is 0. The second-order valence-corrected chi connectivity index (χ2v) is 5.24. The maximum atomic E-state index is 8.55. The second kappa shape index (κ2) is 23.2. The third-order valence-electron chi connectivity index (χ3n) is 1.82. The Hall–Kier alpha value is 1.89. The number of benzene rings is 1. The maximum absolute atomic E-state index is 8.55. The van der Waals surface area contributed by atoms with Crippen LogP contribution in [0.4, 0.5) is 0 Å². The summed E-state index contributed by atoms with van der Waals surface area (Å²) >= 11 is 0. The summed E-state index contributed by atoms with van der Waals surface area (Å²) in [7, 11) is -10.8. The first kappa shape index (κ1) is 46.2. The summed E-state index contributed by atoms with van der Waals surface area (Å²) in [5.41, 5.74) is 1.36. The third kappa shape index (κ3) is 40.5. The van der Waals surface area contributed by atoms with Crippen molar-refractivity contribution in [2.24, 2.45) is 0 Å². The molecule has 146 valence electrons. The summed E-state index contributed by atoms with van der Waals surface area (Å²) in [6.45, 7) is 0.886. The van der Waals surface area contributed by atoms with Gasteiger partial charge in [-0.1, -0.05) is 18.2 Å². The quantitative estimate of drug-likeness (QED) is 0.176. The Morgan fingerprint density at radius 3 is 1.46 bits per heavy atom. The zero-order chi connectivity index (χ0) is 15.8. The molecular formula is C9H16O12P2Pb3. The number of ether oxygens (including phenoxy) is 1. The van der Waals surface area contributed by atoms with Gasteiger partial charge in [-0.15, -0.1) is 0 Å². The molecule has 17 heteroatoms. The molecule has 0 aromatic heterocycles. The molecule has 26 heavy (non-hydrogen) atoms. The van der Waals surface area contributed by atoms with E-state index in [1.165, 1.54) is 12.0 Å². The van der Waals surface area contributed by atoms with Crippen LogP contribution in [0.3, 0.4) is 0 Å². The van der Waals surface area contributed by atoms with Gasteiger partial charge >= 0.3 is 81.9 Å². The van der Waals surface area contributed by atoms with Crippen molar-refractivity contribution in [1.29, 1.82) is 0 Å². The van der Waals surface area contributed by atoms with Crippen LogP contribution in [0.5, 0.6) is 5.75 Å². The molecule has 0 atom stereocenters. The van der Waals surface area contributed by atoms with Crippen LogP contribution in [0.25, 0.3) is 0 Å². The van der Waals surface area contributed by atoms with Crippen LogP contribution in [-0.2, 0) is 15.6 Å². The molecule has 1 aliphatic heterocycles. The zero-order valence-electron chi connectivity index (χ0n) is 13.0. The first-order valence-corrected chi connectivity index (χ1v) is 8.06. The molecule has 0 amide bonds. The third-order valence-corrected chi connectivity index (χ3v) is 1.82. The number of phosphoric acid groups is 2. The van der Waals surface area contributed by atoms with Gasteiger partial charge in [-0.25, -0.2) is 0 Å². The molecule has 6 radical (unpaired) electrons. The molecule has 0 unspecified atom stereocenters. The fourth-order valence-corrected chi connectivity index (χ4v) is 1.30. The maximum Gasteiger partial charge on any atom is 2.00 e. The summed E-state index contributed by atoms with van der Waals surface area (Å²) < 4.78 is 22.5. The van der Waals surface area contributed by atoms with E-state index in [9.17, 15) is 0 Å². The van der Waals surface area contributed by atoms with Crippen molar-refractivity contribution >= 4 is 97.5 Å². The molecule has 1 aromatic carbocycles. The van der Waals surface area contributed by atoms with Crippen LogP contribution < -0.4 is 34.1 Å². The Bertz CT molecular complexity index is 447. The van der Waals surface area contributed by atoms with Gasteiger partial charge in [0.15, 0.2) is 0 Å². The van der Waals surface area contributed by atoms with Crippen LogP contribution in [0.2, 0.25) is 0 Å². The Balaban J connectivity index is -0.0000000406. The standard InChI is InChI=1S/C9H10O.2H3O4P.3H2O.3Pb/c1-2-6-9-8(4-1)5-3-7-10-9;2*1-5(2,3)4;;;;;;/h1-2,4,6H,3,5,7H2;2*(H3,1,2,3,4);3*1H2;;;/q;;;;;;3*+2/p-6. The number of rotatable bonds is 0. The predicted octanol–water partition coefficient (Wildman–Crippen LogP) is -7.25. The van der Waals surface area contributed by atoms with Gasteiger partial charge in [0, 0.05) is 0 Å². The van der Waals surface area contributed by atoms with Crippen LogP contribution in [0.15, 0.2) is 24.3 Å². The first-order chi connectivity index (χ1) is 8.97. The van der Waals surface area contributed by atoms with Gasteiger partial charge in [0.2, 0.25) is 0 Å². The van der Waals surface area contributed by atoms with Crippen molar-refractivity contribution in [1.82, 2.24) is 0 Å². The van der Waals surface area contributed by atoms with Gasteiger partial charge in [-0.05, 0) is 24.5 Å². The minimum atomic E-state index is -5.39. The number of aryl methyl sites for hydroxylation is 1. The SMILES string of the molecule is O.O.O.O=P([O-])([O-])[O-].O=P([O-])([O-])[O-].[Pb+2].[Pb+2].[Pb+2].c1ccc2c(c1)CCCO2. The van der Waals surface area contributed by atoms with Crippen LogP contribution >= 0.6 is 15.6 Å². The van der Waals surface area contributed by atoms with Gasteiger partial charge in [0.1, 0.15) is 5.75 Å². The van der Waals surface area contributed by atoms with E-state index in [4.69, 9.17) is 43.2 Å². The van der Waals surface area contributed by atoms with Crippen LogP contribution in [0.1, 0.15) is 12.0 Å². The van der Waals surface area contributed by atoms with E-state index in [0.717, 1.165) is 18.8 Å². The monoisotopic (exact) mass is 1000 g/mol. The average molecular weight is 1000 g/mol. The van der Waals surface area contributed by atoms with E-state index in [-0.39, 0.29) is 98.3 Å². The normalized spacial score (nSPS) is 10.5. The molecule has 1 aliphatic rings. The number of fused-ring (bicyclic) bond motifs is 1. The molecule has 1 aromatic rings.